The first-order valence-electron chi connectivity index (χ1n) is 10.2. The summed E-state index contributed by atoms with van der Waals surface area (Å²) >= 11 is 0. The van der Waals surface area contributed by atoms with E-state index in [2.05, 4.69) is 9.97 Å². The standard InChI is InChI=1S/C24H24FN3O3/c1-15-26-22(12-23(29)27-15)21-14-28(24(30)11-16-4-3-5-18(25)10-16)13-20(21)17-6-8-19(31-2)9-7-17/h3-10,12,20-21H,11,13-14H2,1-2H3,(H,26,27,29)/t20-,21+/m0/s1. The zero-order valence-electron chi connectivity index (χ0n) is 17.5. The number of amides is 1. The number of aromatic amines is 1. The van der Waals surface area contributed by atoms with Gasteiger partial charge in [-0.15, -0.1) is 0 Å². The van der Waals surface area contributed by atoms with Crippen molar-refractivity contribution in [3.8, 4) is 5.75 Å². The SMILES string of the molecule is COc1ccc([C@@H]2CN(C(=O)Cc3cccc(F)c3)C[C@H]2c2cc(=O)[nH]c(C)n2)cc1. The molecule has 3 aromatic rings. The van der Waals surface area contributed by atoms with Crippen molar-refractivity contribution in [2.75, 3.05) is 20.2 Å². The molecule has 0 saturated carbocycles. The quantitative estimate of drug-likeness (QED) is 0.687. The van der Waals surface area contributed by atoms with E-state index in [9.17, 15) is 14.0 Å². The Morgan fingerprint density at radius 1 is 1.16 bits per heavy atom. The number of benzene rings is 2. The number of H-pyrrole nitrogens is 1. The van der Waals surface area contributed by atoms with Gasteiger partial charge in [0.15, 0.2) is 0 Å². The van der Waals surface area contributed by atoms with Crippen molar-refractivity contribution in [2.45, 2.75) is 25.2 Å². The molecule has 0 bridgehead atoms. The third-order valence-corrected chi connectivity index (χ3v) is 5.72. The monoisotopic (exact) mass is 421 g/mol. The summed E-state index contributed by atoms with van der Waals surface area (Å²) in [5.74, 6) is 0.724. The third kappa shape index (κ3) is 4.66. The molecule has 0 unspecified atom stereocenters. The van der Waals surface area contributed by atoms with E-state index in [0.29, 0.717) is 30.2 Å². The second-order valence-electron chi connectivity index (χ2n) is 7.85. The van der Waals surface area contributed by atoms with Crippen LogP contribution in [-0.4, -0.2) is 41.0 Å². The Hall–Kier alpha value is -3.48. The molecule has 1 N–H and O–H groups in total. The number of nitrogens with zero attached hydrogens (tertiary/aromatic N) is 2. The van der Waals surface area contributed by atoms with Crippen molar-refractivity contribution in [3.05, 3.63) is 93.4 Å². The lowest BCUT2D eigenvalue weighted by Gasteiger charge is -2.18. The minimum atomic E-state index is -0.358. The maximum absolute atomic E-state index is 13.5. The second kappa shape index (κ2) is 8.71. The molecule has 0 spiro atoms. The van der Waals surface area contributed by atoms with Gasteiger partial charge in [0, 0.05) is 31.0 Å². The highest BCUT2D eigenvalue weighted by atomic mass is 19.1. The summed E-state index contributed by atoms with van der Waals surface area (Å²) in [6, 6.07) is 15.3. The summed E-state index contributed by atoms with van der Waals surface area (Å²) in [4.78, 5) is 34.1. The van der Waals surface area contributed by atoms with Crippen molar-refractivity contribution in [3.63, 3.8) is 0 Å². The highest BCUT2D eigenvalue weighted by molar-refractivity contribution is 5.79. The highest BCUT2D eigenvalue weighted by Crippen LogP contribution is 2.39. The maximum atomic E-state index is 13.5. The normalized spacial score (nSPS) is 18.2. The average Bonchev–Trinajstić information content (AvgIpc) is 3.19. The van der Waals surface area contributed by atoms with Gasteiger partial charge in [-0.3, -0.25) is 9.59 Å². The second-order valence-corrected chi connectivity index (χ2v) is 7.85. The molecule has 1 amide bonds. The van der Waals surface area contributed by atoms with Crippen LogP contribution in [0.25, 0.3) is 0 Å². The van der Waals surface area contributed by atoms with Crippen LogP contribution in [0, 0.1) is 12.7 Å². The Labute approximate surface area is 179 Å². The van der Waals surface area contributed by atoms with Crippen molar-refractivity contribution in [1.29, 1.82) is 0 Å². The molecule has 0 aliphatic carbocycles. The molecule has 0 radical (unpaired) electrons. The molecule has 1 aliphatic heterocycles. The number of likely N-dealkylation sites (tertiary alicyclic amines) is 1. The molecule has 2 atom stereocenters. The van der Waals surface area contributed by atoms with E-state index in [1.54, 1.807) is 31.1 Å². The fraction of sp³-hybridized carbons (Fsp3) is 0.292. The lowest BCUT2D eigenvalue weighted by Crippen LogP contribution is -2.30. The van der Waals surface area contributed by atoms with E-state index in [1.165, 1.54) is 18.2 Å². The summed E-state index contributed by atoms with van der Waals surface area (Å²) in [5.41, 5.74) is 2.15. The summed E-state index contributed by atoms with van der Waals surface area (Å²) in [5, 5.41) is 0. The van der Waals surface area contributed by atoms with Crippen molar-refractivity contribution in [1.82, 2.24) is 14.9 Å². The number of nitrogens with one attached hydrogen (secondary N) is 1. The summed E-state index contributed by atoms with van der Waals surface area (Å²) in [7, 11) is 1.61. The predicted molar refractivity (Wildman–Crippen MR) is 115 cm³/mol. The molecule has 6 nitrogen and oxygen atoms in total. The largest absolute Gasteiger partial charge is 0.497 e. The Morgan fingerprint density at radius 2 is 1.90 bits per heavy atom. The van der Waals surface area contributed by atoms with Crippen LogP contribution in [0.3, 0.4) is 0 Å². The number of ether oxygens (including phenoxy) is 1. The molecule has 4 rings (SSSR count). The number of methoxy groups -OCH3 is 1. The van der Waals surface area contributed by atoms with Gasteiger partial charge in [0.25, 0.3) is 5.56 Å². The average molecular weight is 421 g/mol. The molecule has 7 heteroatoms. The van der Waals surface area contributed by atoms with Crippen LogP contribution in [0.1, 0.15) is 34.5 Å². The van der Waals surface area contributed by atoms with Crippen LogP contribution in [0.2, 0.25) is 0 Å². The van der Waals surface area contributed by atoms with Gasteiger partial charge in [-0.2, -0.15) is 0 Å². The lowest BCUT2D eigenvalue weighted by atomic mass is 9.86. The van der Waals surface area contributed by atoms with Gasteiger partial charge < -0.3 is 14.6 Å². The Morgan fingerprint density at radius 3 is 2.58 bits per heavy atom. The molecule has 31 heavy (non-hydrogen) atoms. The number of hydrogen-bond acceptors (Lipinski definition) is 4. The Bertz CT molecular complexity index is 1140. The van der Waals surface area contributed by atoms with Crippen LogP contribution < -0.4 is 10.3 Å². The van der Waals surface area contributed by atoms with E-state index in [4.69, 9.17) is 4.74 Å². The molecule has 1 aliphatic rings. The topological polar surface area (TPSA) is 75.3 Å². The zero-order chi connectivity index (χ0) is 22.0. The third-order valence-electron chi connectivity index (χ3n) is 5.72. The van der Waals surface area contributed by atoms with E-state index in [0.717, 1.165) is 11.3 Å². The fourth-order valence-corrected chi connectivity index (χ4v) is 4.22. The van der Waals surface area contributed by atoms with Crippen LogP contribution >= 0.6 is 0 Å². The predicted octanol–water partition coefficient (Wildman–Crippen LogP) is 3.18. The summed E-state index contributed by atoms with van der Waals surface area (Å²) in [6.45, 7) is 2.69. The van der Waals surface area contributed by atoms with Gasteiger partial charge in [-0.1, -0.05) is 24.3 Å². The maximum Gasteiger partial charge on any atom is 0.251 e. The molecule has 1 aromatic heterocycles. The van der Waals surface area contributed by atoms with Gasteiger partial charge in [0.2, 0.25) is 5.91 Å². The van der Waals surface area contributed by atoms with Crippen LogP contribution in [0.4, 0.5) is 4.39 Å². The number of aromatic nitrogens is 2. The minimum Gasteiger partial charge on any atom is -0.497 e. The smallest absolute Gasteiger partial charge is 0.251 e. The number of halogens is 1. The molecule has 1 fully saturated rings. The number of rotatable bonds is 5. The number of hydrogen-bond donors (Lipinski definition) is 1. The first-order valence-corrected chi connectivity index (χ1v) is 10.2. The molecule has 2 aromatic carbocycles. The first kappa shape index (κ1) is 20.8. The van der Waals surface area contributed by atoms with E-state index < -0.39 is 0 Å². The van der Waals surface area contributed by atoms with Gasteiger partial charge in [-0.05, 0) is 42.3 Å². The van der Waals surface area contributed by atoms with E-state index >= 15 is 0 Å². The van der Waals surface area contributed by atoms with Gasteiger partial charge in [-0.25, -0.2) is 9.37 Å². The molecular formula is C24H24FN3O3. The van der Waals surface area contributed by atoms with E-state index in [1.807, 2.05) is 24.3 Å². The zero-order valence-corrected chi connectivity index (χ0v) is 17.5. The van der Waals surface area contributed by atoms with Crippen LogP contribution in [-0.2, 0) is 11.2 Å². The molecule has 160 valence electrons. The van der Waals surface area contributed by atoms with Crippen LogP contribution in [0.5, 0.6) is 5.75 Å². The van der Waals surface area contributed by atoms with Crippen molar-refractivity contribution >= 4 is 5.91 Å². The van der Waals surface area contributed by atoms with Gasteiger partial charge >= 0.3 is 0 Å². The van der Waals surface area contributed by atoms with Crippen LogP contribution in [0.15, 0.2) is 59.4 Å². The van der Waals surface area contributed by atoms with Gasteiger partial charge in [0.05, 0.1) is 19.2 Å². The molecular weight excluding hydrogens is 397 g/mol. The fourth-order valence-electron chi connectivity index (χ4n) is 4.22. The lowest BCUT2D eigenvalue weighted by molar-refractivity contribution is -0.129. The number of carbonyl (C=O) groups is 1. The van der Waals surface area contributed by atoms with E-state index in [-0.39, 0.29) is 35.5 Å². The highest BCUT2D eigenvalue weighted by Gasteiger charge is 2.38. The summed E-state index contributed by atoms with van der Waals surface area (Å²) < 4.78 is 18.8. The molecule has 1 saturated heterocycles. The van der Waals surface area contributed by atoms with Crippen molar-refractivity contribution in [2.24, 2.45) is 0 Å². The molecule has 2 heterocycles. The minimum absolute atomic E-state index is 0.0175. The Kier molecular flexibility index (Phi) is 5.84. The summed E-state index contributed by atoms with van der Waals surface area (Å²) in [6.07, 6.45) is 0.127. The number of aryl methyl sites for hydroxylation is 1. The first-order chi connectivity index (χ1) is 14.9. The van der Waals surface area contributed by atoms with Crippen molar-refractivity contribution < 1.29 is 13.9 Å². The van der Waals surface area contributed by atoms with Gasteiger partial charge in [0.1, 0.15) is 17.4 Å². The Balaban J connectivity index is 1.63. The number of carbonyl (C=O) groups excluding carboxylic acids is 1.